The molecule has 0 unspecified atom stereocenters. The van der Waals surface area contributed by atoms with E-state index < -0.39 is 12.2 Å². The van der Waals surface area contributed by atoms with E-state index in [0.717, 1.165) is 0 Å². The molecule has 0 saturated carbocycles. The van der Waals surface area contributed by atoms with E-state index in [2.05, 4.69) is 5.32 Å². The molecule has 6 heteroatoms. The number of halogens is 4. The van der Waals surface area contributed by atoms with Crippen molar-refractivity contribution < 1.29 is 17.6 Å². The zero-order valence-electron chi connectivity index (χ0n) is 6.46. The lowest BCUT2D eigenvalue weighted by molar-refractivity contribution is -0.0327. The van der Waals surface area contributed by atoms with Gasteiger partial charge in [0.1, 0.15) is 0 Å². The minimum Gasteiger partial charge on any atom is -0.316 e. The second kappa shape index (κ2) is 6.54. The maximum absolute atomic E-state index is 11.5. The molecule has 1 N–H and O–H groups in total. The quantitative estimate of drug-likeness (QED) is 0.527. The molecule has 0 aromatic carbocycles. The molecule has 0 aromatic heterocycles. The van der Waals surface area contributed by atoms with E-state index in [-0.39, 0.29) is 24.1 Å². The van der Waals surface area contributed by atoms with Crippen molar-refractivity contribution in [3.05, 3.63) is 0 Å². The van der Waals surface area contributed by atoms with Gasteiger partial charge in [-0.2, -0.15) is 13.2 Å². The summed E-state index contributed by atoms with van der Waals surface area (Å²) in [5.41, 5.74) is -4.15. The van der Waals surface area contributed by atoms with Crippen LogP contribution in [0, 0.1) is 0 Å². The van der Waals surface area contributed by atoms with Gasteiger partial charge in [-0.05, 0) is 24.7 Å². The van der Waals surface area contributed by atoms with Crippen molar-refractivity contribution >= 4 is 11.8 Å². The summed E-state index contributed by atoms with van der Waals surface area (Å²) in [7, 11) is 0. The van der Waals surface area contributed by atoms with Crippen LogP contribution in [0.5, 0.6) is 0 Å². The van der Waals surface area contributed by atoms with E-state index in [1.165, 1.54) is 0 Å². The van der Waals surface area contributed by atoms with Gasteiger partial charge in [0.15, 0.2) is 0 Å². The lowest BCUT2D eigenvalue weighted by Gasteiger charge is -2.05. The Morgan fingerprint density at radius 1 is 1.17 bits per heavy atom. The molecule has 0 aromatic rings. The zero-order chi connectivity index (χ0) is 9.45. The number of hydrogen-bond acceptors (Lipinski definition) is 2. The molecule has 0 bridgehead atoms. The van der Waals surface area contributed by atoms with E-state index in [4.69, 9.17) is 0 Å². The second-order valence-corrected chi connectivity index (χ2v) is 3.25. The third-order valence-corrected chi connectivity index (χ3v) is 1.77. The Morgan fingerprint density at radius 3 is 2.33 bits per heavy atom. The Labute approximate surface area is 72.9 Å². The van der Waals surface area contributed by atoms with Crippen molar-refractivity contribution in [3.8, 4) is 0 Å². The van der Waals surface area contributed by atoms with Gasteiger partial charge in [-0.3, -0.25) is 4.39 Å². The van der Waals surface area contributed by atoms with Gasteiger partial charge in [0, 0.05) is 12.3 Å². The van der Waals surface area contributed by atoms with Crippen LogP contribution in [-0.2, 0) is 0 Å². The Kier molecular flexibility index (Phi) is 6.55. The molecule has 0 aliphatic carbocycles. The standard InChI is InChI=1S/C6H11F4NS/c7-2-1-3-11-4-5-12-6(8,9)10/h11H,1-5H2. The van der Waals surface area contributed by atoms with Crippen molar-refractivity contribution in [2.45, 2.75) is 11.9 Å². The largest absolute Gasteiger partial charge is 0.441 e. The van der Waals surface area contributed by atoms with Crippen molar-refractivity contribution in [1.29, 1.82) is 0 Å². The van der Waals surface area contributed by atoms with Gasteiger partial charge in [0.05, 0.1) is 6.67 Å². The van der Waals surface area contributed by atoms with Gasteiger partial charge in [0.25, 0.3) is 0 Å². The van der Waals surface area contributed by atoms with Crippen LogP contribution in [0.25, 0.3) is 0 Å². The van der Waals surface area contributed by atoms with Crippen molar-refractivity contribution in [3.63, 3.8) is 0 Å². The lowest BCUT2D eigenvalue weighted by atomic mass is 10.5. The summed E-state index contributed by atoms with van der Waals surface area (Å²) >= 11 is -0.0646. The lowest BCUT2D eigenvalue weighted by Crippen LogP contribution is -2.20. The van der Waals surface area contributed by atoms with Crippen LogP contribution >= 0.6 is 11.8 Å². The highest BCUT2D eigenvalue weighted by atomic mass is 32.2. The molecule has 74 valence electrons. The Bertz CT molecular complexity index is 106. The van der Waals surface area contributed by atoms with Gasteiger partial charge >= 0.3 is 5.51 Å². The smallest absolute Gasteiger partial charge is 0.316 e. The number of alkyl halides is 4. The summed E-state index contributed by atoms with van der Waals surface area (Å²) in [6, 6.07) is 0. The van der Waals surface area contributed by atoms with Gasteiger partial charge in [-0.15, -0.1) is 0 Å². The average Bonchev–Trinajstić information content (AvgIpc) is 1.94. The molecule has 0 rings (SSSR count). The monoisotopic (exact) mass is 205 g/mol. The molecule has 0 fully saturated rings. The summed E-state index contributed by atoms with van der Waals surface area (Å²) < 4.78 is 46.0. The molecule has 0 aliphatic rings. The Balaban J connectivity index is 3.01. The molecule has 0 atom stereocenters. The maximum atomic E-state index is 11.5. The van der Waals surface area contributed by atoms with Gasteiger partial charge in [-0.25, -0.2) is 0 Å². The van der Waals surface area contributed by atoms with Gasteiger partial charge in [-0.1, -0.05) is 0 Å². The van der Waals surface area contributed by atoms with Crippen LogP contribution in [-0.4, -0.2) is 31.0 Å². The second-order valence-electron chi connectivity index (χ2n) is 2.09. The highest BCUT2D eigenvalue weighted by molar-refractivity contribution is 8.00. The normalized spacial score (nSPS) is 12.0. The minimum absolute atomic E-state index is 0.0181. The number of hydrogen-bond donors (Lipinski definition) is 1. The van der Waals surface area contributed by atoms with Crippen LogP contribution < -0.4 is 5.32 Å². The molecular weight excluding hydrogens is 194 g/mol. The number of thioether (sulfide) groups is 1. The van der Waals surface area contributed by atoms with Crippen LogP contribution in [0.15, 0.2) is 0 Å². The highest BCUT2D eigenvalue weighted by Crippen LogP contribution is 2.29. The van der Waals surface area contributed by atoms with Gasteiger partial charge < -0.3 is 5.32 Å². The van der Waals surface area contributed by atoms with E-state index in [0.29, 0.717) is 13.0 Å². The molecule has 0 saturated heterocycles. The summed E-state index contributed by atoms with van der Waals surface area (Å²) in [6.07, 6.45) is 0.358. The first-order valence-corrected chi connectivity index (χ1v) is 4.52. The zero-order valence-corrected chi connectivity index (χ0v) is 7.27. The molecule has 0 amide bonds. The average molecular weight is 205 g/mol. The van der Waals surface area contributed by atoms with E-state index in [9.17, 15) is 17.6 Å². The Hall–Kier alpha value is 0.0300. The summed E-state index contributed by atoms with van der Waals surface area (Å²) in [5, 5.41) is 2.70. The van der Waals surface area contributed by atoms with Crippen molar-refractivity contribution in [2.75, 3.05) is 25.5 Å². The number of nitrogens with one attached hydrogen (secondary N) is 1. The van der Waals surface area contributed by atoms with E-state index in [1.54, 1.807) is 0 Å². The maximum Gasteiger partial charge on any atom is 0.441 e. The SMILES string of the molecule is FCCCNCCSC(F)(F)F. The minimum atomic E-state index is -4.15. The molecule has 12 heavy (non-hydrogen) atoms. The summed E-state index contributed by atoms with van der Waals surface area (Å²) in [4.78, 5) is 0. The first kappa shape index (κ1) is 12.0. The third kappa shape index (κ3) is 10.0. The molecule has 0 heterocycles. The van der Waals surface area contributed by atoms with Crippen LogP contribution in [0.3, 0.4) is 0 Å². The fraction of sp³-hybridized carbons (Fsp3) is 1.00. The summed E-state index contributed by atoms with van der Waals surface area (Å²) in [5.74, 6) is -0.0181. The number of rotatable bonds is 6. The van der Waals surface area contributed by atoms with Gasteiger partial charge in [0.2, 0.25) is 0 Å². The predicted octanol–water partition coefficient (Wildman–Crippen LogP) is 2.19. The Morgan fingerprint density at radius 2 is 1.83 bits per heavy atom. The third-order valence-electron chi connectivity index (χ3n) is 1.03. The fourth-order valence-corrected chi connectivity index (χ4v) is 1.03. The van der Waals surface area contributed by atoms with Crippen molar-refractivity contribution in [1.82, 2.24) is 5.32 Å². The fourth-order valence-electron chi connectivity index (χ4n) is 0.556. The van der Waals surface area contributed by atoms with E-state index >= 15 is 0 Å². The topological polar surface area (TPSA) is 12.0 Å². The first-order chi connectivity index (χ1) is 5.56. The highest BCUT2D eigenvalue weighted by Gasteiger charge is 2.27. The molecule has 0 aliphatic heterocycles. The van der Waals surface area contributed by atoms with Crippen LogP contribution in [0.4, 0.5) is 17.6 Å². The molecular formula is C6H11F4NS. The molecule has 0 spiro atoms. The molecule has 1 nitrogen and oxygen atoms in total. The van der Waals surface area contributed by atoms with Crippen LogP contribution in [0.1, 0.15) is 6.42 Å². The van der Waals surface area contributed by atoms with E-state index in [1.807, 2.05) is 0 Å². The summed E-state index contributed by atoms with van der Waals surface area (Å²) in [6.45, 7) is 0.276. The van der Waals surface area contributed by atoms with Crippen LogP contribution in [0.2, 0.25) is 0 Å². The van der Waals surface area contributed by atoms with Crippen molar-refractivity contribution in [2.24, 2.45) is 0 Å². The predicted molar refractivity (Wildman–Crippen MR) is 42.0 cm³/mol. The molecule has 0 radical (unpaired) electrons. The first-order valence-electron chi connectivity index (χ1n) is 3.53.